The lowest BCUT2D eigenvalue weighted by Gasteiger charge is -2.34. The zero-order valence-electron chi connectivity index (χ0n) is 24.0. The predicted octanol–water partition coefficient (Wildman–Crippen LogP) is 5.90. The molecule has 3 aliphatic rings. The van der Waals surface area contributed by atoms with E-state index >= 15 is 4.39 Å². The highest BCUT2D eigenvalue weighted by molar-refractivity contribution is 7.14. The number of amides is 1. The van der Waals surface area contributed by atoms with Gasteiger partial charge in [-0.25, -0.2) is 13.8 Å². The first-order valence-corrected chi connectivity index (χ1v) is 15.4. The molecule has 2 aromatic carbocycles. The summed E-state index contributed by atoms with van der Waals surface area (Å²) >= 11 is 1.42. The van der Waals surface area contributed by atoms with Gasteiger partial charge in [-0.05, 0) is 86.2 Å². The van der Waals surface area contributed by atoms with Crippen LogP contribution in [-0.4, -0.2) is 53.6 Å². The highest BCUT2D eigenvalue weighted by Gasteiger charge is 2.39. The lowest BCUT2D eigenvalue weighted by molar-refractivity contribution is 0.102. The number of nitrogens with one attached hydrogen (secondary N) is 2. The molecule has 1 aliphatic heterocycles. The Hall–Kier alpha value is -4.09. The summed E-state index contributed by atoms with van der Waals surface area (Å²) in [5.74, 6) is -1.39. The van der Waals surface area contributed by atoms with E-state index in [1.54, 1.807) is 7.05 Å². The molecule has 2 bridgehead atoms. The second-order valence-corrected chi connectivity index (χ2v) is 12.8. The Morgan fingerprint density at radius 2 is 1.74 bits per heavy atom. The third-order valence-corrected chi connectivity index (χ3v) is 10.2. The molecule has 1 saturated carbocycles. The van der Waals surface area contributed by atoms with Crippen LogP contribution in [-0.2, 0) is 7.05 Å². The van der Waals surface area contributed by atoms with Gasteiger partial charge in [-0.15, -0.1) is 11.3 Å². The number of hydrogen-bond donors (Lipinski definition) is 2. The fourth-order valence-electron chi connectivity index (χ4n) is 6.49. The van der Waals surface area contributed by atoms with Gasteiger partial charge in [0.15, 0.2) is 11.6 Å². The molecule has 2 atom stereocenters. The maximum absolute atomic E-state index is 15.8. The number of fused-ring (bicyclic) bond motifs is 5. The first-order chi connectivity index (χ1) is 20.7. The number of rotatable bonds is 6. The number of aryl methyl sites for hydroxylation is 1. The van der Waals surface area contributed by atoms with Crippen LogP contribution >= 0.6 is 11.3 Å². The minimum absolute atomic E-state index is 0.00406. The van der Waals surface area contributed by atoms with Crippen molar-refractivity contribution < 1.29 is 13.6 Å². The van der Waals surface area contributed by atoms with Crippen LogP contribution in [0.3, 0.4) is 0 Å². The molecule has 8 nitrogen and oxygen atoms in total. The topological polar surface area (TPSA) is 82.5 Å². The van der Waals surface area contributed by atoms with Crippen LogP contribution in [0, 0.1) is 11.6 Å². The molecule has 2 fully saturated rings. The number of anilines is 4. The van der Waals surface area contributed by atoms with Gasteiger partial charge < -0.3 is 25.0 Å². The van der Waals surface area contributed by atoms with Crippen LogP contribution in [0.15, 0.2) is 53.5 Å². The van der Waals surface area contributed by atoms with Gasteiger partial charge in [-0.3, -0.25) is 9.59 Å². The van der Waals surface area contributed by atoms with Gasteiger partial charge in [0.1, 0.15) is 11.5 Å². The van der Waals surface area contributed by atoms with Crippen LogP contribution in [0.2, 0.25) is 0 Å². The Morgan fingerprint density at radius 3 is 2.49 bits per heavy atom. The van der Waals surface area contributed by atoms with Crippen molar-refractivity contribution in [2.75, 3.05) is 48.8 Å². The van der Waals surface area contributed by atoms with E-state index in [0.717, 1.165) is 57.2 Å². The predicted molar refractivity (Wildman–Crippen MR) is 166 cm³/mol. The van der Waals surface area contributed by atoms with Crippen molar-refractivity contribution in [1.82, 2.24) is 14.5 Å². The number of nitrogens with zero attached hydrogens (tertiary/aromatic N) is 4. The summed E-state index contributed by atoms with van der Waals surface area (Å²) in [4.78, 5) is 36.7. The molecule has 3 heterocycles. The lowest BCUT2D eigenvalue weighted by Crippen LogP contribution is -2.44. The van der Waals surface area contributed by atoms with E-state index in [9.17, 15) is 14.0 Å². The summed E-state index contributed by atoms with van der Waals surface area (Å²) in [6.07, 6.45) is 4.80. The largest absolute Gasteiger partial charge is 0.369 e. The number of piperazine rings is 1. The van der Waals surface area contributed by atoms with Crippen molar-refractivity contribution >= 4 is 40.1 Å². The minimum atomic E-state index is -0.953. The number of thiophene rings is 1. The number of halogens is 2. The maximum Gasteiger partial charge on any atom is 0.293 e. The summed E-state index contributed by atoms with van der Waals surface area (Å²) < 4.78 is 32.0. The Kier molecular flexibility index (Phi) is 7.01. The van der Waals surface area contributed by atoms with E-state index < -0.39 is 28.8 Å². The quantitative estimate of drug-likeness (QED) is 0.286. The second kappa shape index (κ2) is 10.9. The summed E-state index contributed by atoms with van der Waals surface area (Å²) in [6, 6.07) is 12.0. The SMILES string of the molecule is CN1CCN(c2ccc(Nc3nc(-c4ccc(F)c(NC(=O)c5cc6c(s5)C5CCC6C5)c4F)cn(C)c3=O)cc2)CC1. The smallest absolute Gasteiger partial charge is 0.293 e. The van der Waals surface area contributed by atoms with Gasteiger partial charge in [0, 0.05) is 61.2 Å². The van der Waals surface area contributed by atoms with Crippen LogP contribution in [0.5, 0.6) is 0 Å². The van der Waals surface area contributed by atoms with Crippen molar-refractivity contribution in [2.24, 2.45) is 7.05 Å². The molecule has 0 spiro atoms. The summed E-state index contributed by atoms with van der Waals surface area (Å²) in [5.41, 5.74) is 2.11. The molecule has 2 unspecified atom stereocenters. The standard InChI is InChI=1S/C32H32F2N6O2S/c1-38-11-13-40(14-12-38)21-7-5-20(6-8-21)35-30-32(42)39(2)17-25(36-30)22-9-10-24(33)28(27(22)34)37-31(41)26-16-23-18-3-4-19(15-18)29(23)43-26/h5-10,16-19H,3-4,11-15H2,1-2H3,(H,35,36)(H,37,41). The number of hydrogen-bond acceptors (Lipinski definition) is 7. The molecule has 2 N–H and O–H groups in total. The third-order valence-electron chi connectivity index (χ3n) is 8.93. The van der Waals surface area contributed by atoms with E-state index in [1.165, 1.54) is 38.6 Å². The number of carbonyl (C=O) groups excluding carboxylic acids is 1. The molecule has 0 radical (unpaired) electrons. The molecular formula is C32H32F2N6O2S. The van der Waals surface area contributed by atoms with Crippen molar-refractivity contribution in [2.45, 2.75) is 31.1 Å². The molecule has 2 aliphatic carbocycles. The highest BCUT2D eigenvalue weighted by Crippen LogP contribution is 2.56. The molecule has 1 saturated heterocycles. The molecule has 1 amide bonds. The van der Waals surface area contributed by atoms with E-state index in [2.05, 4.69) is 32.5 Å². The van der Waals surface area contributed by atoms with Gasteiger partial charge >= 0.3 is 0 Å². The fourth-order valence-corrected chi connectivity index (χ4v) is 7.78. The van der Waals surface area contributed by atoms with Crippen molar-refractivity contribution in [3.05, 3.63) is 86.0 Å². The van der Waals surface area contributed by atoms with Gasteiger partial charge in [-0.1, -0.05) is 0 Å². The number of aromatic nitrogens is 2. The van der Waals surface area contributed by atoms with Crippen molar-refractivity contribution in [3.63, 3.8) is 0 Å². The highest BCUT2D eigenvalue weighted by atomic mass is 32.1. The summed E-state index contributed by atoms with van der Waals surface area (Å²) in [5, 5.41) is 5.52. The maximum atomic E-state index is 15.8. The van der Waals surface area contributed by atoms with Gasteiger partial charge in [0.2, 0.25) is 0 Å². The first kappa shape index (κ1) is 27.7. The van der Waals surface area contributed by atoms with Gasteiger partial charge in [0.25, 0.3) is 11.5 Å². The lowest BCUT2D eigenvalue weighted by atomic mass is 9.99. The Labute approximate surface area is 252 Å². The molecular weight excluding hydrogens is 570 g/mol. The fraction of sp³-hybridized carbons (Fsp3) is 0.344. The van der Waals surface area contributed by atoms with Crippen molar-refractivity contribution in [1.29, 1.82) is 0 Å². The molecule has 11 heteroatoms. The molecule has 7 rings (SSSR count). The number of likely N-dealkylation sites (N-methyl/N-ethyl adjacent to an activating group) is 1. The third kappa shape index (κ3) is 5.10. The molecule has 2 aromatic heterocycles. The van der Waals surface area contributed by atoms with E-state index in [-0.39, 0.29) is 17.1 Å². The van der Waals surface area contributed by atoms with Crippen molar-refractivity contribution in [3.8, 4) is 11.3 Å². The minimum Gasteiger partial charge on any atom is -0.369 e. The first-order valence-electron chi connectivity index (χ1n) is 14.6. The molecule has 43 heavy (non-hydrogen) atoms. The second-order valence-electron chi connectivity index (χ2n) is 11.7. The Bertz CT molecular complexity index is 1750. The monoisotopic (exact) mass is 602 g/mol. The normalized spacial score (nSPS) is 19.5. The Balaban J connectivity index is 1.13. The zero-order valence-corrected chi connectivity index (χ0v) is 24.8. The number of carbonyl (C=O) groups is 1. The van der Waals surface area contributed by atoms with Crippen LogP contribution < -0.4 is 21.1 Å². The molecule has 4 aromatic rings. The van der Waals surface area contributed by atoms with Crippen LogP contribution in [0.4, 0.5) is 31.7 Å². The Morgan fingerprint density at radius 1 is 1.00 bits per heavy atom. The number of benzene rings is 2. The average molecular weight is 603 g/mol. The average Bonchev–Trinajstić information content (AvgIpc) is 3.73. The summed E-state index contributed by atoms with van der Waals surface area (Å²) in [6.45, 7) is 3.87. The van der Waals surface area contributed by atoms with Gasteiger partial charge in [-0.2, -0.15) is 0 Å². The van der Waals surface area contributed by atoms with E-state index in [1.807, 2.05) is 30.3 Å². The molecule has 222 valence electrons. The van der Waals surface area contributed by atoms with Gasteiger partial charge in [0.05, 0.1) is 10.6 Å². The summed E-state index contributed by atoms with van der Waals surface area (Å²) in [7, 11) is 3.65. The zero-order chi connectivity index (χ0) is 29.8. The van der Waals surface area contributed by atoms with Crippen LogP contribution in [0.25, 0.3) is 11.3 Å². The van der Waals surface area contributed by atoms with E-state index in [4.69, 9.17) is 0 Å². The van der Waals surface area contributed by atoms with E-state index in [0.29, 0.717) is 22.4 Å². The van der Waals surface area contributed by atoms with Crippen LogP contribution in [0.1, 0.15) is 51.2 Å².